The van der Waals surface area contributed by atoms with E-state index < -0.39 is 0 Å². The van der Waals surface area contributed by atoms with E-state index >= 15 is 0 Å². The van der Waals surface area contributed by atoms with Crippen molar-refractivity contribution in [2.75, 3.05) is 0 Å². The van der Waals surface area contributed by atoms with Crippen molar-refractivity contribution in [3.8, 4) is 5.69 Å². The summed E-state index contributed by atoms with van der Waals surface area (Å²) >= 11 is 0. The number of H-pyrrole nitrogens is 1. The summed E-state index contributed by atoms with van der Waals surface area (Å²) in [6.45, 7) is 0. The molecule has 0 aliphatic rings. The van der Waals surface area contributed by atoms with Gasteiger partial charge in [-0.25, -0.2) is 0 Å². The molecule has 1 N–H and O–H groups in total. The molecule has 4 aromatic rings. The molecule has 0 saturated heterocycles. The summed E-state index contributed by atoms with van der Waals surface area (Å²) in [6, 6.07) is 18.6. The van der Waals surface area contributed by atoms with Gasteiger partial charge in [-0.15, -0.1) is 20.1 Å². The summed E-state index contributed by atoms with van der Waals surface area (Å²) in [5.41, 5.74) is 1.95. The van der Waals surface area contributed by atoms with Crippen molar-refractivity contribution in [2.24, 2.45) is 10.2 Å². The van der Waals surface area contributed by atoms with Crippen LogP contribution in [0.3, 0.4) is 0 Å². The summed E-state index contributed by atoms with van der Waals surface area (Å²) in [6.07, 6.45) is 1.49. The lowest BCUT2D eigenvalue weighted by molar-refractivity contribution is 0.763. The van der Waals surface area contributed by atoms with E-state index in [2.05, 4.69) is 25.4 Å². The fourth-order valence-electron chi connectivity index (χ4n) is 2.24. The predicted molar refractivity (Wildman–Crippen MR) is 90.1 cm³/mol. The number of azo groups is 1. The Kier molecular flexibility index (Phi) is 3.43. The predicted octanol–water partition coefficient (Wildman–Crippen LogP) is 3.52. The van der Waals surface area contributed by atoms with Gasteiger partial charge in [0.05, 0.1) is 11.4 Å². The number of aromatic amines is 1. The molecule has 7 heteroatoms. The van der Waals surface area contributed by atoms with Crippen LogP contribution in [0.2, 0.25) is 0 Å². The second kappa shape index (κ2) is 5.88. The summed E-state index contributed by atoms with van der Waals surface area (Å²) in [4.78, 5) is 16.9. The average Bonchev–Trinajstić information content (AvgIpc) is 3.08. The Balaban J connectivity index is 1.76. The second-order valence-electron chi connectivity index (χ2n) is 5.06. The van der Waals surface area contributed by atoms with Crippen molar-refractivity contribution in [3.63, 3.8) is 0 Å². The molecule has 2 aromatic carbocycles. The van der Waals surface area contributed by atoms with Gasteiger partial charge >= 0.3 is 0 Å². The first-order chi connectivity index (χ1) is 11.8. The van der Waals surface area contributed by atoms with Crippen LogP contribution in [0.5, 0.6) is 0 Å². The highest BCUT2D eigenvalue weighted by molar-refractivity contribution is 5.72. The molecule has 0 aliphatic heterocycles. The number of benzene rings is 2. The zero-order chi connectivity index (χ0) is 16.4. The highest BCUT2D eigenvalue weighted by Gasteiger charge is 2.11. The fraction of sp³-hybridized carbons (Fsp3) is 0. The molecule has 0 amide bonds. The second-order valence-corrected chi connectivity index (χ2v) is 5.06. The quantitative estimate of drug-likeness (QED) is 0.586. The van der Waals surface area contributed by atoms with Gasteiger partial charge < -0.3 is 4.98 Å². The van der Waals surface area contributed by atoms with Crippen LogP contribution in [0.4, 0.5) is 11.4 Å². The van der Waals surface area contributed by atoms with Crippen LogP contribution in [0.15, 0.2) is 81.9 Å². The molecule has 0 spiro atoms. The monoisotopic (exact) mass is 316 g/mol. The molecule has 0 radical (unpaired) electrons. The van der Waals surface area contributed by atoms with E-state index in [0.717, 1.165) is 5.69 Å². The summed E-state index contributed by atoms with van der Waals surface area (Å²) in [5, 5.41) is 16.6. The van der Waals surface area contributed by atoms with Crippen LogP contribution in [-0.4, -0.2) is 20.0 Å². The Bertz CT molecular complexity index is 1070. The van der Waals surface area contributed by atoms with E-state index in [1.807, 2.05) is 60.7 Å². The van der Waals surface area contributed by atoms with E-state index in [1.54, 1.807) is 0 Å². The summed E-state index contributed by atoms with van der Waals surface area (Å²) < 4.78 is 0. The standard InChI is InChI=1S/C17H12N6O/c24-16-14(20-19-12-7-3-1-4-8-12)11-18-17-15(16)21-23(22-17)13-9-5-2-6-10-13/h1-11H,(H,18,22). The molecule has 24 heavy (non-hydrogen) atoms. The summed E-state index contributed by atoms with van der Waals surface area (Å²) in [5.74, 6) is 0. The minimum Gasteiger partial charge on any atom is -0.341 e. The van der Waals surface area contributed by atoms with Crippen molar-refractivity contribution in [1.82, 2.24) is 20.0 Å². The van der Waals surface area contributed by atoms with Crippen LogP contribution in [-0.2, 0) is 0 Å². The van der Waals surface area contributed by atoms with E-state index in [-0.39, 0.29) is 16.6 Å². The lowest BCUT2D eigenvalue weighted by atomic mass is 10.3. The molecule has 0 unspecified atom stereocenters. The summed E-state index contributed by atoms with van der Waals surface area (Å²) in [7, 11) is 0. The van der Waals surface area contributed by atoms with Crippen molar-refractivity contribution < 1.29 is 0 Å². The SMILES string of the molecule is O=c1c(N=Nc2ccccc2)c[nH]c2nn(-c3ccccc3)nc12. The largest absolute Gasteiger partial charge is 0.341 e. The number of fused-ring (bicyclic) bond motifs is 1. The van der Waals surface area contributed by atoms with Crippen molar-refractivity contribution in [3.05, 3.63) is 77.1 Å². The molecular formula is C17H12N6O. The first-order valence-corrected chi connectivity index (χ1v) is 7.32. The van der Waals surface area contributed by atoms with E-state index in [0.29, 0.717) is 11.3 Å². The number of nitrogens with one attached hydrogen (secondary N) is 1. The third-order valence-electron chi connectivity index (χ3n) is 3.42. The molecule has 2 aromatic heterocycles. The zero-order valence-corrected chi connectivity index (χ0v) is 12.5. The third-order valence-corrected chi connectivity index (χ3v) is 3.42. The number of hydrogen-bond acceptors (Lipinski definition) is 5. The van der Waals surface area contributed by atoms with Crippen molar-refractivity contribution in [2.45, 2.75) is 0 Å². The molecule has 7 nitrogen and oxygen atoms in total. The Morgan fingerprint density at radius 1 is 0.875 bits per heavy atom. The number of pyridine rings is 1. The Morgan fingerprint density at radius 3 is 2.33 bits per heavy atom. The third kappa shape index (κ3) is 2.58. The minimum atomic E-state index is -0.314. The van der Waals surface area contributed by atoms with Gasteiger partial charge in [0, 0.05) is 6.20 Å². The van der Waals surface area contributed by atoms with Crippen molar-refractivity contribution >= 4 is 22.5 Å². The van der Waals surface area contributed by atoms with Gasteiger partial charge in [0.1, 0.15) is 0 Å². The van der Waals surface area contributed by atoms with Gasteiger partial charge in [-0.05, 0) is 24.3 Å². The maximum atomic E-state index is 12.5. The van der Waals surface area contributed by atoms with E-state index in [9.17, 15) is 4.79 Å². The maximum Gasteiger partial charge on any atom is 0.238 e. The van der Waals surface area contributed by atoms with Crippen LogP contribution >= 0.6 is 0 Å². The lowest BCUT2D eigenvalue weighted by Crippen LogP contribution is -2.02. The molecule has 0 atom stereocenters. The molecule has 4 rings (SSSR count). The Hall–Kier alpha value is -3.61. The maximum absolute atomic E-state index is 12.5. The molecular weight excluding hydrogens is 304 g/mol. The van der Waals surface area contributed by atoms with Gasteiger partial charge in [0.2, 0.25) is 5.43 Å². The number of para-hydroxylation sites is 1. The molecule has 0 bridgehead atoms. The van der Waals surface area contributed by atoms with Gasteiger partial charge in [-0.3, -0.25) is 4.79 Å². The van der Waals surface area contributed by atoms with Gasteiger partial charge in [-0.1, -0.05) is 36.4 Å². The number of aromatic nitrogens is 4. The Labute approximate surface area is 136 Å². The fourth-order valence-corrected chi connectivity index (χ4v) is 2.24. The van der Waals surface area contributed by atoms with Gasteiger partial charge in [0.15, 0.2) is 16.9 Å². The van der Waals surface area contributed by atoms with Crippen LogP contribution < -0.4 is 5.43 Å². The van der Waals surface area contributed by atoms with E-state index in [4.69, 9.17) is 0 Å². The molecule has 0 aliphatic carbocycles. The highest BCUT2D eigenvalue weighted by atomic mass is 16.1. The lowest BCUT2D eigenvalue weighted by Gasteiger charge is -1.95. The molecule has 2 heterocycles. The average molecular weight is 316 g/mol. The number of hydrogen-bond donors (Lipinski definition) is 1. The van der Waals surface area contributed by atoms with Crippen LogP contribution in [0.1, 0.15) is 0 Å². The number of rotatable bonds is 3. The van der Waals surface area contributed by atoms with Crippen LogP contribution in [0.25, 0.3) is 16.9 Å². The van der Waals surface area contributed by atoms with Gasteiger partial charge in [-0.2, -0.15) is 5.11 Å². The van der Waals surface area contributed by atoms with E-state index in [1.165, 1.54) is 11.0 Å². The molecule has 0 fully saturated rings. The smallest absolute Gasteiger partial charge is 0.238 e. The molecule has 116 valence electrons. The number of nitrogens with zero attached hydrogens (tertiary/aromatic N) is 5. The highest BCUT2D eigenvalue weighted by Crippen LogP contribution is 2.16. The Morgan fingerprint density at radius 2 is 1.58 bits per heavy atom. The molecule has 0 saturated carbocycles. The normalized spacial score (nSPS) is 11.3. The topological polar surface area (TPSA) is 88.3 Å². The van der Waals surface area contributed by atoms with Crippen molar-refractivity contribution in [1.29, 1.82) is 0 Å². The van der Waals surface area contributed by atoms with Crippen LogP contribution in [0, 0.1) is 0 Å². The first kappa shape index (κ1) is 14.0. The first-order valence-electron chi connectivity index (χ1n) is 7.32. The minimum absolute atomic E-state index is 0.187. The van der Waals surface area contributed by atoms with Gasteiger partial charge in [0.25, 0.3) is 0 Å². The zero-order valence-electron chi connectivity index (χ0n) is 12.5.